The zero-order chi connectivity index (χ0) is 37.8. The molecule has 0 spiro atoms. The van der Waals surface area contributed by atoms with Crippen molar-refractivity contribution in [3.8, 4) is 11.8 Å². The molecule has 11 nitrogen and oxygen atoms in total. The Hall–Kier alpha value is -3.91. The molecule has 3 aliphatic heterocycles. The topological polar surface area (TPSA) is 131 Å². The molecule has 1 aliphatic carbocycles. The van der Waals surface area contributed by atoms with Crippen LogP contribution in [0.5, 0.6) is 11.8 Å². The van der Waals surface area contributed by atoms with Gasteiger partial charge in [-0.2, -0.15) is 9.97 Å². The van der Waals surface area contributed by atoms with Gasteiger partial charge in [0.2, 0.25) is 5.88 Å². The van der Waals surface area contributed by atoms with Crippen molar-refractivity contribution < 1.29 is 37.9 Å². The number of nitrogens with zero attached hydrogens (tertiary/aromatic N) is 4. The van der Waals surface area contributed by atoms with Crippen molar-refractivity contribution in [2.75, 3.05) is 64.7 Å². The van der Waals surface area contributed by atoms with E-state index < -0.39 is 24.2 Å². The average Bonchev–Trinajstić information content (AvgIpc) is 3.49. The summed E-state index contributed by atoms with van der Waals surface area (Å²) in [6.45, 7) is 11.9. The summed E-state index contributed by atoms with van der Waals surface area (Å²) in [4.78, 5) is 15.1. The Morgan fingerprint density at radius 2 is 1.89 bits per heavy atom. The van der Waals surface area contributed by atoms with Crippen LogP contribution in [0.3, 0.4) is 0 Å². The maximum absolute atomic E-state index is 16.7. The first-order valence-corrected chi connectivity index (χ1v) is 19.0. The fourth-order valence-corrected chi connectivity index (χ4v) is 7.80. The normalized spacial score (nSPS) is 24.0. The first-order valence-electron chi connectivity index (χ1n) is 19.0. The summed E-state index contributed by atoms with van der Waals surface area (Å²) in [6, 6.07) is 7.55. The summed E-state index contributed by atoms with van der Waals surface area (Å²) in [5.74, 6) is -1.18. The molecule has 3 aromatic rings. The number of phenols is 1. The summed E-state index contributed by atoms with van der Waals surface area (Å²) in [7, 11) is 1.38. The van der Waals surface area contributed by atoms with Crippen molar-refractivity contribution in [3.05, 3.63) is 52.3 Å². The number of phenolic OH excluding ortho intramolecular Hbond substituents is 1. The zero-order valence-electron chi connectivity index (χ0n) is 31.3. The maximum atomic E-state index is 16.7. The molecule has 0 amide bonds. The van der Waals surface area contributed by atoms with Gasteiger partial charge >= 0.3 is 6.01 Å². The highest BCUT2D eigenvalue weighted by Gasteiger charge is 2.45. The number of aromatic nitrogens is 2. The molecule has 4 aliphatic rings. The highest BCUT2D eigenvalue weighted by atomic mass is 19.1. The monoisotopic (exact) mass is 739 g/mol. The van der Waals surface area contributed by atoms with Crippen LogP contribution in [0.1, 0.15) is 70.8 Å². The summed E-state index contributed by atoms with van der Waals surface area (Å²) in [5.41, 5.74) is 0.166. The summed E-state index contributed by atoms with van der Waals surface area (Å²) in [5, 5.41) is 25.2. The quantitative estimate of drug-likeness (QED) is 0.274. The number of hydrogen-bond donors (Lipinski definition) is 3. The number of rotatable bonds is 8. The van der Waals surface area contributed by atoms with Crippen LogP contribution in [0.4, 0.5) is 14.6 Å². The van der Waals surface area contributed by atoms with E-state index in [0.29, 0.717) is 31.2 Å². The lowest BCUT2D eigenvalue weighted by atomic mass is 9.76. The first kappa shape index (κ1) is 40.3. The molecule has 3 unspecified atom stereocenters. The van der Waals surface area contributed by atoms with E-state index in [9.17, 15) is 10.2 Å². The van der Waals surface area contributed by atoms with E-state index in [2.05, 4.69) is 22.0 Å². The van der Waals surface area contributed by atoms with E-state index >= 15 is 8.78 Å². The molecule has 0 radical (unpaired) electrons. The van der Waals surface area contributed by atoms with E-state index in [1.807, 2.05) is 13.8 Å². The molecule has 3 saturated heterocycles. The van der Waals surface area contributed by atoms with Crippen molar-refractivity contribution in [1.82, 2.24) is 15.3 Å². The van der Waals surface area contributed by atoms with Gasteiger partial charge in [0, 0.05) is 49.6 Å². The fraction of sp³-hybridized carbons (Fsp3) is 0.575. The van der Waals surface area contributed by atoms with Crippen molar-refractivity contribution in [3.63, 3.8) is 0 Å². The molecule has 290 valence electrons. The van der Waals surface area contributed by atoms with Crippen LogP contribution < -0.4 is 25.5 Å². The Morgan fingerprint density at radius 1 is 1.09 bits per heavy atom. The minimum absolute atomic E-state index is 0.0285. The molecule has 3 N–H and O–H groups in total. The number of piperidine rings is 1. The first-order chi connectivity index (χ1) is 25.8. The molecule has 3 atom stereocenters. The van der Waals surface area contributed by atoms with Gasteiger partial charge in [-0.1, -0.05) is 32.4 Å². The van der Waals surface area contributed by atoms with Gasteiger partial charge in [-0.25, -0.2) is 13.8 Å². The number of aliphatic hydroxyl groups is 1. The molecule has 53 heavy (non-hydrogen) atoms. The minimum atomic E-state index is -0.826. The van der Waals surface area contributed by atoms with Gasteiger partial charge in [-0.3, -0.25) is 0 Å². The summed E-state index contributed by atoms with van der Waals surface area (Å²) < 4.78 is 54.2. The van der Waals surface area contributed by atoms with Crippen molar-refractivity contribution in [1.29, 1.82) is 0 Å². The lowest BCUT2D eigenvalue weighted by Gasteiger charge is -2.39. The number of hydrogen-bond acceptors (Lipinski definition) is 11. The van der Waals surface area contributed by atoms with Crippen LogP contribution >= 0.6 is 0 Å². The predicted octanol–water partition coefficient (Wildman–Crippen LogP) is 4.92. The number of aliphatic imine (C=N–C) groups is 1. The minimum Gasteiger partial charge on any atom is -0.508 e. The highest BCUT2D eigenvalue weighted by molar-refractivity contribution is 5.88. The van der Waals surface area contributed by atoms with Gasteiger partial charge in [-0.05, 0) is 87.4 Å². The third kappa shape index (κ3) is 9.80. The van der Waals surface area contributed by atoms with E-state index in [0.717, 1.165) is 51.9 Å². The number of aromatic hydroxyl groups is 1. The van der Waals surface area contributed by atoms with Crippen LogP contribution in [0.2, 0.25) is 0 Å². The van der Waals surface area contributed by atoms with Crippen LogP contribution in [0.25, 0.3) is 22.5 Å². The molecule has 4 fully saturated rings. The van der Waals surface area contributed by atoms with Crippen LogP contribution in [0, 0.1) is 11.2 Å². The molecular weight excluding hydrogens is 684 g/mol. The van der Waals surface area contributed by atoms with Crippen LogP contribution in [0.15, 0.2) is 35.3 Å². The number of β-amino-alcohol motifs (C(OH)–C–C–N with tert-alkyl or cyclic N) is 1. The van der Waals surface area contributed by atoms with Gasteiger partial charge in [0.1, 0.15) is 33.8 Å². The Kier molecular flexibility index (Phi) is 14.8. The van der Waals surface area contributed by atoms with Gasteiger partial charge in [0.25, 0.3) is 0 Å². The Balaban J connectivity index is 0.000000608. The van der Waals surface area contributed by atoms with Crippen molar-refractivity contribution in [2.24, 2.45) is 10.4 Å². The summed E-state index contributed by atoms with van der Waals surface area (Å²) >= 11 is 0. The number of aliphatic hydroxyl groups excluding tert-OH is 1. The Labute approximate surface area is 310 Å². The molecule has 1 saturated carbocycles. The van der Waals surface area contributed by atoms with Crippen LogP contribution in [-0.2, 0) is 20.6 Å². The maximum Gasteiger partial charge on any atom is 0.319 e. The van der Waals surface area contributed by atoms with E-state index in [1.54, 1.807) is 11.0 Å². The SMILES string of the molecule is C1CCOCC1.C=N/C(OC)=c1/c(N2CCOCC(O)C2)nc(OCC23CCCNC2CCC3)n/c1=C(\F)Cc1cc(O)cc2cccc(F)c12.CC. The second kappa shape index (κ2) is 19.4. The number of halogens is 2. The number of methoxy groups -OCH3 is 1. The number of ether oxygens (including phenoxy) is 4. The van der Waals surface area contributed by atoms with Crippen LogP contribution in [-0.4, -0.2) is 98.8 Å². The molecular formula is C40H55F2N5O6. The average molecular weight is 740 g/mol. The molecule has 2 aromatic carbocycles. The molecule has 4 heterocycles. The smallest absolute Gasteiger partial charge is 0.319 e. The van der Waals surface area contributed by atoms with Gasteiger partial charge in [-0.15, -0.1) is 0 Å². The molecule has 13 heteroatoms. The van der Waals surface area contributed by atoms with E-state index in [-0.39, 0.29) is 63.5 Å². The molecule has 1 aromatic heterocycles. The number of fused-ring (bicyclic) bond motifs is 2. The second-order valence-electron chi connectivity index (χ2n) is 13.7. The lowest BCUT2D eigenvalue weighted by molar-refractivity contribution is 0.0597. The van der Waals surface area contributed by atoms with Gasteiger partial charge < -0.3 is 39.4 Å². The van der Waals surface area contributed by atoms with E-state index in [4.69, 9.17) is 23.9 Å². The Morgan fingerprint density at radius 3 is 2.60 bits per heavy atom. The molecule has 0 bridgehead atoms. The zero-order valence-corrected chi connectivity index (χ0v) is 31.3. The third-order valence-corrected chi connectivity index (χ3v) is 10.3. The van der Waals surface area contributed by atoms with Crippen molar-refractivity contribution in [2.45, 2.75) is 83.8 Å². The highest BCUT2D eigenvalue weighted by Crippen LogP contribution is 2.44. The van der Waals surface area contributed by atoms with Gasteiger partial charge in [0.15, 0.2) is 0 Å². The lowest BCUT2D eigenvalue weighted by Crippen LogP contribution is -2.49. The number of benzene rings is 2. The summed E-state index contributed by atoms with van der Waals surface area (Å²) in [6.07, 6.45) is 7.93. The standard InChI is InChI=1S/C33H39F2N5O5.C5H10O.C2H6/c1-36-31(43-2)28-29(25(35)16-21-15-22(41)14-20-6-3-7-24(34)27(20)21)38-32(39-30(28)40-12-13-44-18-23(42)17-40)45-19-33-9-4-8-26(33)37-11-5-10-33;1-2-4-6-5-3-1;1-2/h3,6-7,14-15,23,26,37,41-42H,1,4-5,8-13,16-19H2,2H3;1-5H2;1-2H3/b29-25-,31-28-;;. The van der Waals surface area contributed by atoms with Crippen molar-refractivity contribution >= 4 is 35.0 Å². The number of anilines is 1. The second-order valence-corrected chi connectivity index (χ2v) is 13.7. The fourth-order valence-electron chi connectivity index (χ4n) is 7.80. The molecule has 7 rings (SSSR count). The van der Waals surface area contributed by atoms with E-state index in [1.165, 1.54) is 50.6 Å². The third-order valence-electron chi connectivity index (χ3n) is 10.3. The largest absolute Gasteiger partial charge is 0.508 e. The van der Waals surface area contributed by atoms with Gasteiger partial charge in [0.05, 0.1) is 33.0 Å². The Bertz CT molecular complexity index is 1800. The number of nitrogens with one attached hydrogen (secondary N) is 1. The predicted molar refractivity (Wildman–Crippen MR) is 203 cm³/mol.